The molecule has 4 aromatic rings. The summed E-state index contributed by atoms with van der Waals surface area (Å²) in [4.78, 5) is 15.4. The number of carbonyl (C=O) groups is 1. The number of rotatable bonds is 11. The lowest BCUT2D eigenvalue weighted by Crippen LogP contribution is -2.01. The number of aromatic nitrogens is 2. The van der Waals surface area contributed by atoms with Crippen LogP contribution in [0, 0.1) is 0 Å². The van der Waals surface area contributed by atoms with Gasteiger partial charge in [-0.3, -0.25) is 4.79 Å². The Kier molecular flexibility index (Phi) is 8.19. The second-order valence-corrected chi connectivity index (χ2v) is 8.30. The van der Waals surface area contributed by atoms with Crippen molar-refractivity contribution in [3.8, 4) is 33.9 Å². The van der Waals surface area contributed by atoms with Gasteiger partial charge in [0, 0.05) is 24.7 Å². The number of imidazole rings is 1. The Labute approximate surface area is 211 Å². The maximum atomic E-state index is 10.6. The van der Waals surface area contributed by atoms with Gasteiger partial charge in [0.25, 0.3) is 0 Å². The van der Waals surface area contributed by atoms with Crippen molar-refractivity contribution in [1.82, 2.24) is 9.55 Å². The van der Waals surface area contributed by atoms with E-state index < -0.39 is 5.97 Å². The SMILES string of the molecule is CCn1cc(-c2ccccc2OC)nc1C=Cc1ccc(-c2ccc(OCCCC(=O)O)cc2)cc1. The smallest absolute Gasteiger partial charge is 0.303 e. The highest BCUT2D eigenvalue weighted by Gasteiger charge is 2.11. The van der Waals surface area contributed by atoms with Crippen LogP contribution in [0.3, 0.4) is 0 Å². The predicted octanol–water partition coefficient (Wildman–Crippen LogP) is 6.66. The fraction of sp³-hybridized carbons (Fsp3) is 0.200. The number of carboxylic acid groups (broad SMARTS) is 1. The van der Waals surface area contributed by atoms with Gasteiger partial charge in [-0.15, -0.1) is 0 Å². The largest absolute Gasteiger partial charge is 0.496 e. The van der Waals surface area contributed by atoms with Gasteiger partial charge in [0.15, 0.2) is 0 Å². The first-order chi connectivity index (χ1) is 17.6. The van der Waals surface area contributed by atoms with Gasteiger partial charge in [0.1, 0.15) is 17.3 Å². The Morgan fingerprint density at radius 2 is 1.67 bits per heavy atom. The van der Waals surface area contributed by atoms with Gasteiger partial charge in [0.2, 0.25) is 0 Å². The van der Waals surface area contributed by atoms with E-state index in [1.54, 1.807) is 7.11 Å². The molecule has 0 radical (unpaired) electrons. The zero-order valence-electron chi connectivity index (χ0n) is 20.6. The first-order valence-electron chi connectivity index (χ1n) is 12.0. The van der Waals surface area contributed by atoms with Crippen LogP contribution in [0.2, 0.25) is 0 Å². The van der Waals surface area contributed by atoms with E-state index in [2.05, 4.69) is 48.0 Å². The van der Waals surface area contributed by atoms with Crippen LogP contribution in [-0.2, 0) is 11.3 Å². The van der Waals surface area contributed by atoms with E-state index in [-0.39, 0.29) is 6.42 Å². The lowest BCUT2D eigenvalue weighted by molar-refractivity contribution is -0.137. The molecule has 0 fully saturated rings. The minimum absolute atomic E-state index is 0.113. The average molecular weight is 483 g/mol. The summed E-state index contributed by atoms with van der Waals surface area (Å²) in [6.45, 7) is 3.32. The third kappa shape index (κ3) is 6.21. The second kappa shape index (κ2) is 11.9. The molecule has 4 rings (SSSR count). The third-order valence-electron chi connectivity index (χ3n) is 5.86. The Morgan fingerprint density at radius 1 is 0.972 bits per heavy atom. The van der Waals surface area contributed by atoms with Crippen LogP contribution in [0.15, 0.2) is 79.0 Å². The van der Waals surface area contributed by atoms with Gasteiger partial charge < -0.3 is 19.1 Å². The maximum Gasteiger partial charge on any atom is 0.303 e. The van der Waals surface area contributed by atoms with Crippen molar-refractivity contribution in [2.45, 2.75) is 26.3 Å². The molecule has 6 heteroatoms. The summed E-state index contributed by atoms with van der Waals surface area (Å²) in [5.41, 5.74) is 5.15. The van der Waals surface area contributed by atoms with Crippen LogP contribution in [0.5, 0.6) is 11.5 Å². The zero-order valence-corrected chi connectivity index (χ0v) is 20.6. The van der Waals surface area contributed by atoms with E-state index in [1.165, 1.54) is 0 Å². The number of hydrogen-bond acceptors (Lipinski definition) is 4. The fourth-order valence-corrected chi connectivity index (χ4v) is 3.92. The average Bonchev–Trinajstić information content (AvgIpc) is 3.33. The summed E-state index contributed by atoms with van der Waals surface area (Å²) in [5, 5.41) is 8.70. The fourth-order valence-electron chi connectivity index (χ4n) is 3.92. The monoisotopic (exact) mass is 482 g/mol. The second-order valence-electron chi connectivity index (χ2n) is 8.30. The molecule has 0 unspecified atom stereocenters. The molecule has 0 amide bonds. The number of ether oxygens (including phenoxy) is 2. The summed E-state index contributed by atoms with van der Waals surface area (Å²) < 4.78 is 13.2. The van der Waals surface area contributed by atoms with Gasteiger partial charge in [0.05, 0.1) is 19.4 Å². The number of hydrogen-bond donors (Lipinski definition) is 1. The summed E-state index contributed by atoms with van der Waals surface area (Å²) in [6, 6.07) is 24.1. The lowest BCUT2D eigenvalue weighted by atomic mass is 10.0. The first-order valence-corrected chi connectivity index (χ1v) is 12.0. The predicted molar refractivity (Wildman–Crippen MR) is 143 cm³/mol. The Hall–Kier alpha value is -4.32. The van der Waals surface area contributed by atoms with E-state index in [0.717, 1.165) is 51.8 Å². The van der Waals surface area contributed by atoms with Crippen molar-refractivity contribution in [2.24, 2.45) is 0 Å². The number of carboxylic acids is 1. The van der Waals surface area contributed by atoms with Crippen molar-refractivity contribution in [2.75, 3.05) is 13.7 Å². The van der Waals surface area contributed by atoms with Gasteiger partial charge >= 0.3 is 5.97 Å². The van der Waals surface area contributed by atoms with E-state index >= 15 is 0 Å². The van der Waals surface area contributed by atoms with Crippen LogP contribution in [0.4, 0.5) is 0 Å². The number of para-hydroxylation sites is 1. The minimum Gasteiger partial charge on any atom is -0.496 e. The number of benzene rings is 3. The molecule has 0 aliphatic carbocycles. The van der Waals surface area contributed by atoms with Crippen LogP contribution in [0.1, 0.15) is 31.2 Å². The van der Waals surface area contributed by atoms with Gasteiger partial charge in [-0.1, -0.05) is 54.6 Å². The van der Waals surface area contributed by atoms with Gasteiger partial charge in [-0.25, -0.2) is 4.98 Å². The highest BCUT2D eigenvalue weighted by Crippen LogP contribution is 2.29. The van der Waals surface area contributed by atoms with Crippen LogP contribution < -0.4 is 9.47 Å². The molecule has 0 atom stereocenters. The molecule has 0 aliphatic heterocycles. The molecule has 6 nitrogen and oxygen atoms in total. The van der Waals surface area contributed by atoms with Crippen LogP contribution in [-0.4, -0.2) is 34.3 Å². The van der Waals surface area contributed by atoms with E-state index in [1.807, 2.05) is 54.6 Å². The Bertz CT molecular complexity index is 1320. The van der Waals surface area contributed by atoms with Gasteiger partial charge in [-0.05, 0) is 60.4 Å². The maximum absolute atomic E-state index is 10.6. The zero-order chi connectivity index (χ0) is 25.3. The van der Waals surface area contributed by atoms with Crippen molar-refractivity contribution in [1.29, 1.82) is 0 Å². The Morgan fingerprint density at radius 3 is 2.33 bits per heavy atom. The quantitative estimate of drug-likeness (QED) is 0.242. The Balaban J connectivity index is 1.43. The highest BCUT2D eigenvalue weighted by atomic mass is 16.5. The lowest BCUT2D eigenvalue weighted by Gasteiger charge is -2.07. The molecule has 0 aliphatic rings. The van der Waals surface area contributed by atoms with E-state index in [0.29, 0.717) is 13.0 Å². The standard InChI is InChI=1S/C30H30N2O4/c1-3-32-21-27(26-7-4-5-8-28(26)35-2)31-29(32)19-12-22-10-13-23(14-11-22)24-15-17-25(18-16-24)36-20-6-9-30(33)34/h4-5,7-8,10-19,21H,3,6,9,20H2,1-2H3,(H,33,34). The number of aryl methyl sites for hydroxylation is 1. The minimum atomic E-state index is -0.805. The molecular formula is C30H30N2O4. The third-order valence-corrected chi connectivity index (χ3v) is 5.86. The molecule has 36 heavy (non-hydrogen) atoms. The molecule has 1 N–H and O–H groups in total. The molecule has 0 saturated heterocycles. The molecule has 0 spiro atoms. The molecule has 184 valence electrons. The molecule has 1 heterocycles. The molecule has 3 aromatic carbocycles. The summed E-state index contributed by atoms with van der Waals surface area (Å²) in [6.07, 6.45) is 6.76. The molecule has 0 bridgehead atoms. The van der Waals surface area contributed by atoms with Crippen molar-refractivity contribution in [3.05, 3.63) is 90.4 Å². The first kappa shape index (κ1) is 24.8. The number of methoxy groups -OCH3 is 1. The van der Waals surface area contributed by atoms with E-state index in [4.69, 9.17) is 19.6 Å². The van der Waals surface area contributed by atoms with Crippen molar-refractivity contribution >= 4 is 18.1 Å². The van der Waals surface area contributed by atoms with Gasteiger partial charge in [-0.2, -0.15) is 0 Å². The van der Waals surface area contributed by atoms with E-state index in [9.17, 15) is 4.79 Å². The molecule has 0 saturated carbocycles. The summed E-state index contributed by atoms with van der Waals surface area (Å²) in [7, 11) is 1.67. The summed E-state index contributed by atoms with van der Waals surface area (Å²) in [5.74, 6) is 1.63. The highest BCUT2D eigenvalue weighted by molar-refractivity contribution is 5.73. The number of nitrogens with zero attached hydrogens (tertiary/aromatic N) is 2. The van der Waals surface area contributed by atoms with Crippen LogP contribution in [0.25, 0.3) is 34.5 Å². The normalized spacial score (nSPS) is 11.1. The topological polar surface area (TPSA) is 73.6 Å². The molecular weight excluding hydrogens is 452 g/mol. The summed E-state index contributed by atoms with van der Waals surface area (Å²) >= 11 is 0. The molecule has 1 aromatic heterocycles. The van der Waals surface area contributed by atoms with Crippen LogP contribution >= 0.6 is 0 Å². The van der Waals surface area contributed by atoms with Crippen molar-refractivity contribution < 1.29 is 19.4 Å². The number of aliphatic carboxylic acids is 1. The van der Waals surface area contributed by atoms with Crippen molar-refractivity contribution in [3.63, 3.8) is 0 Å².